The summed E-state index contributed by atoms with van der Waals surface area (Å²) in [5.74, 6) is -0.357. The van der Waals surface area contributed by atoms with Gasteiger partial charge in [-0.3, -0.25) is 4.79 Å². The van der Waals surface area contributed by atoms with Crippen molar-refractivity contribution in [3.8, 4) is 11.5 Å². The molecule has 2 aromatic carbocycles. The van der Waals surface area contributed by atoms with Gasteiger partial charge in [0.25, 0.3) is 5.91 Å². The second kappa shape index (κ2) is 6.21. The fraction of sp³-hybridized carbons (Fsp3) is 0.133. The van der Waals surface area contributed by atoms with Gasteiger partial charge in [-0.05, 0) is 42.8 Å². The normalized spacial score (nSPS) is 10.5. The van der Waals surface area contributed by atoms with E-state index < -0.39 is 12.5 Å². The highest BCUT2D eigenvalue weighted by molar-refractivity contribution is 6.04. The molecular weight excluding hydrogens is 280 g/mol. The Bertz CT molecular complexity index is 642. The van der Waals surface area contributed by atoms with Crippen LogP contribution in [-0.2, 0) is 0 Å². The van der Waals surface area contributed by atoms with E-state index in [1.807, 2.05) is 0 Å². The summed E-state index contributed by atoms with van der Waals surface area (Å²) >= 11 is 0. The van der Waals surface area contributed by atoms with Crippen molar-refractivity contribution in [1.82, 2.24) is 0 Å². The molecule has 4 nitrogen and oxygen atoms in total. The topological polar surface area (TPSA) is 58.6 Å². The van der Waals surface area contributed by atoms with E-state index in [1.165, 1.54) is 30.3 Å². The number of rotatable bonds is 4. The average molecular weight is 293 g/mol. The Labute approximate surface area is 120 Å². The fourth-order valence-electron chi connectivity index (χ4n) is 1.68. The number of amides is 1. The number of phenols is 1. The molecule has 0 aliphatic rings. The summed E-state index contributed by atoms with van der Waals surface area (Å²) in [6.45, 7) is -1.16. The molecule has 0 atom stereocenters. The standard InChI is InChI=1S/C15H13F2NO3/c1-9-2-5-11(8-13(9)19)18-14(20)10-3-6-12(7-4-10)21-15(16)17/h2-8,15,19H,1H3,(H,18,20). The van der Waals surface area contributed by atoms with E-state index in [0.29, 0.717) is 11.3 Å². The Morgan fingerprint density at radius 3 is 2.43 bits per heavy atom. The van der Waals surface area contributed by atoms with Crippen LogP contribution in [0.2, 0.25) is 0 Å². The van der Waals surface area contributed by atoms with Crippen LogP contribution in [0.1, 0.15) is 15.9 Å². The summed E-state index contributed by atoms with van der Waals surface area (Å²) in [7, 11) is 0. The molecule has 110 valence electrons. The van der Waals surface area contributed by atoms with Crippen molar-refractivity contribution in [3.05, 3.63) is 53.6 Å². The molecule has 0 heterocycles. The van der Waals surface area contributed by atoms with Gasteiger partial charge in [-0.1, -0.05) is 6.07 Å². The number of alkyl halides is 2. The molecule has 0 radical (unpaired) electrons. The molecule has 0 saturated carbocycles. The van der Waals surface area contributed by atoms with Gasteiger partial charge in [0.1, 0.15) is 11.5 Å². The van der Waals surface area contributed by atoms with E-state index in [1.54, 1.807) is 19.1 Å². The van der Waals surface area contributed by atoms with Gasteiger partial charge in [0, 0.05) is 17.3 Å². The molecule has 0 saturated heterocycles. The Hall–Kier alpha value is -2.63. The minimum Gasteiger partial charge on any atom is -0.508 e. The number of aryl methyl sites for hydroxylation is 1. The molecule has 0 fully saturated rings. The number of nitrogens with one attached hydrogen (secondary N) is 1. The SMILES string of the molecule is Cc1ccc(NC(=O)c2ccc(OC(F)F)cc2)cc1O. The van der Waals surface area contributed by atoms with Gasteiger partial charge >= 0.3 is 6.61 Å². The summed E-state index contributed by atoms with van der Waals surface area (Å²) in [6.07, 6.45) is 0. The number of hydrogen-bond donors (Lipinski definition) is 2. The van der Waals surface area contributed by atoms with Gasteiger partial charge in [-0.25, -0.2) is 0 Å². The molecule has 0 aliphatic heterocycles. The van der Waals surface area contributed by atoms with Crippen molar-refractivity contribution in [3.63, 3.8) is 0 Å². The van der Waals surface area contributed by atoms with Crippen LogP contribution in [-0.4, -0.2) is 17.6 Å². The quantitative estimate of drug-likeness (QED) is 0.906. The molecule has 0 aromatic heterocycles. The smallest absolute Gasteiger partial charge is 0.387 e. The first-order valence-corrected chi connectivity index (χ1v) is 6.11. The number of halogens is 2. The summed E-state index contributed by atoms with van der Waals surface area (Å²) in [5, 5.41) is 12.2. The average Bonchev–Trinajstić information content (AvgIpc) is 2.43. The summed E-state index contributed by atoms with van der Waals surface area (Å²) < 4.78 is 28.2. The maximum atomic E-state index is 12.0. The zero-order valence-corrected chi connectivity index (χ0v) is 11.1. The minimum absolute atomic E-state index is 0.0190. The number of phenolic OH excluding ortho intramolecular Hbond substituents is 1. The Balaban J connectivity index is 2.07. The molecule has 0 aliphatic carbocycles. The first kappa shape index (κ1) is 14.8. The maximum Gasteiger partial charge on any atom is 0.387 e. The molecule has 2 N–H and O–H groups in total. The lowest BCUT2D eigenvalue weighted by molar-refractivity contribution is -0.0498. The highest BCUT2D eigenvalue weighted by atomic mass is 19.3. The number of carbonyl (C=O) groups excluding carboxylic acids is 1. The number of ether oxygens (including phenoxy) is 1. The molecule has 0 spiro atoms. The van der Waals surface area contributed by atoms with Crippen LogP contribution in [0.4, 0.5) is 14.5 Å². The third-order valence-corrected chi connectivity index (χ3v) is 2.81. The Morgan fingerprint density at radius 2 is 1.86 bits per heavy atom. The molecule has 1 amide bonds. The Kier molecular flexibility index (Phi) is 4.37. The van der Waals surface area contributed by atoms with Crippen LogP contribution in [0.3, 0.4) is 0 Å². The number of hydrogen-bond acceptors (Lipinski definition) is 3. The highest BCUT2D eigenvalue weighted by Crippen LogP contribution is 2.22. The van der Waals surface area contributed by atoms with Gasteiger partial charge < -0.3 is 15.2 Å². The second-order valence-corrected chi connectivity index (χ2v) is 4.36. The molecular formula is C15H13F2NO3. The third-order valence-electron chi connectivity index (χ3n) is 2.81. The highest BCUT2D eigenvalue weighted by Gasteiger charge is 2.09. The second-order valence-electron chi connectivity index (χ2n) is 4.36. The summed E-state index contributed by atoms with van der Waals surface area (Å²) in [4.78, 5) is 12.0. The van der Waals surface area contributed by atoms with Gasteiger partial charge in [0.2, 0.25) is 0 Å². The molecule has 0 bridgehead atoms. The lowest BCUT2D eigenvalue weighted by atomic mass is 10.1. The molecule has 2 rings (SSSR count). The Morgan fingerprint density at radius 1 is 1.19 bits per heavy atom. The van der Waals surface area contributed by atoms with Crippen LogP contribution in [0.25, 0.3) is 0 Å². The van der Waals surface area contributed by atoms with Gasteiger partial charge in [0.15, 0.2) is 0 Å². The maximum absolute atomic E-state index is 12.0. The van der Waals surface area contributed by atoms with E-state index >= 15 is 0 Å². The predicted octanol–water partition coefficient (Wildman–Crippen LogP) is 3.55. The first-order valence-electron chi connectivity index (χ1n) is 6.11. The van der Waals surface area contributed by atoms with Gasteiger partial charge in [-0.2, -0.15) is 8.78 Å². The van der Waals surface area contributed by atoms with Crippen molar-refractivity contribution < 1.29 is 23.4 Å². The van der Waals surface area contributed by atoms with Crippen molar-refractivity contribution in [2.75, 3.05) is 5.32 Å². The summed E-state index contributed by atoms with van der Waals surface area (Å²) in [5.41, 5.74) is 1.43. The third kappa shape index (κ3) is 3.92. The van der Waals surface area contributed by atoms with Crippen molar-refractivity contribution >= 4 is 11.6 Å². The number of aromatic hydroxyl groups is 1. The molecule has 0 unspecified atom stereocenters. The lowest BCUT2D eigenvalue weighted by Crippen LogP contribution is -2.12. The molecule has 21 heavy (non-hydrogen) atoms. The van der Waals surface area contributed by atoms with E-state index in [4.69, 9.17) is 0 Å². The van der Waals surface area contributed by atoms with Gasteiger partial charge in [-0.15, -0.1) is 0 Å². The zero-order valence-electron chi connectivity index (χ0n) is 11.1. The monoisotopic (exact) mass is 293 g/mol. The fourth-order valence-corrected chi connectivity index (χ4v) is 1.68. The zero-order chi connectivity index (χ0) is 15.4. The molecule has 6 heteroatoms. The van der Waals surface area contributed by atoms with E-state index in [9.17, 15) is 18.7 Å². The van der Waals surface area contributed by atoms with E-state index in [-0.39, 0.29) is 17.1 Å². The number of anilines is 1. The first-order chi connectivity index (χ1) is 9.95. The van der Waals surface area contributed by atoms with Gasteiger partial charge in [0.05, 0.1) is 0 Å². The van der Waals surface area contributed by atoms with Crippen LogP contribution in [0.5, 0.6) is 11.5 Å². The van der Waals surface area contributed by atoms with Crippen molar-refractivity contribution in [1.29, 1.82) is 0 Å². The lowest BCUT2D eigenvalue weighted by Gasteiger charge is -2.08. The number of benzene rings is 2. The van der Waals surface area contributed by atoms with E-state index in [2.05, 4.69) is 10.1 Å². The van der Waals surface area contributed by atoms with Crippen LogP contribution in [0.15, 0.2) is 42.5 Å². The largest absolute Gasteiger partial charge is 0.508 e. The van der Waals surface area contributed by atoms with E-state index in [0.717, 1.165) is 0 Å². The summed E-state index contributed by atoms with van der Waals surface area (Å²) in [6, 6.07) is 10.1. The number of carbonyl (C=O) groups is 1. The van der Waals surface area contributed by atoms with Crippen LogP contribution >= 0.6 is 0 Å². The predicted molar refractivity (Wildman–Crippen MR) is 73.9 cm³/mol. The molecule has 2 aromatic rings. The van der Waals surface area contributed by atoms with Crippen molar-refractivity contribution in [2.24, 2.45) is 0 Å². The van der Waals surface area contributed by atoms with Crippen LogP contribution < -0.4 is 10.1 Å². The van der Waals surface area contributed by atoms with Crippen LogP contribution in [0, 0.1) is 6.92 Å². The van der Waals surface area contributed by atoms with Crippen molar-refractivity contribution in [2.45, 2.75) is 13.5 Å². The minimum atomic E-state index is -2.90.